The van der Waals surface area contributed by atoms with Gasteiger partial charge >= 0.3 is 0 Å². The van der Waals surface area contributed by atoms with E-state index in [9.17, 15) is 9.18 Å². The molecule has 1 saturated heterocycles. The van der Waals surface area contributed by atoms with Crippen LogP contribution in [0, 0.1) is 5.82 Å². The van der Waals surface area contributed by atoms with Crippen LogP contribution < -0.4 is 16.0 Å². The normalized spacial score (nSPS) is 19.9. The average molecular weight is 302 g/mol. The molecule has 1 heterocycles. The van der Waals surface area contributed by atoms with Gasteiger partial charge in [0.2, 0.25) is 5.91 Å². The Morgan fingerprint density at radius 1 is 1.55 bits per heavy atom. The first-order valence-electron chi connectivity index (χ1n) is 6.63. The molecule has 6 heteroatoms. The van der Waals surface area contributed by atoms with Gasteiger partial charge < -0.3 is 16.0 Å². The molecule has 1 aromatic carbocycles. The van der Waals surface area contributed by atoms with Crippen molar-refractivity contribution < 1.29 is 9.18 Å². The van der Waals surface area contributed by atoms with E-state index in [-0.39, 0.29) is 30.2 Å². The summed E-state index contributed by atoms with van der Waals surface area (Å²) >= 11 is 0. The summed E-state index contributed by atoms with van der Waals surface area (Å²) in [6, 6.07) is 6.13. The largest absolute Gasteiger partial charge is 0.369 e. The zero-order chi connectivity index (χ0) is 13.8. The molecule has 4 nitrogen and oxygen atoms in total. The van der Waals surface area contributed by atoms with Gasteiger partial charge in [-0.2, -0.15) is 0 Å². The fourth-order valence-electron chi connectivity index (χ4n) is 2.33. The van der Waals surface area contributed by atoms with E-state index in [1.54, 1.807) is 13.0 Å². The van der Waals surface area contributed by atoms with E-state index in [0.717, 1.165) is 25.1 Å². The topological polar surface area (TPSA) is 58.4 Å². The molecule has 3 N–H and O–H groups in total. The molecule has 1 aromatic rings. The minimum Gasteiger partial charge on any atom is -0.369 e. The van der Waals surface area contributed by atoms with Crippen molar-refractivity contribution in [2.75, 3.05) is 18.0 Å². The van der Waals surface area contributed by atoms with Crippen LogP contribution in [-0.4, -0.2) is 31.1 Å². The van der Waals surface area contributed by atoms with Crippen LogP contribution in [-0.2, 0) is 4.79 Å². The standard InChI is InChI=1S/C14H20FN3O.ClH/c1-10(16)14(19)17-12-5-3-7-18(9-12)13-6-2-4-11(15)8-13;/h2,4,6,8,10,12H,3,5,7,9,16H2,1H3,(H,17,19);1H. The first-order chi connectivity index (χ1) is 9.06. The number of nitrogens with zero attached hydrogens (tertiary/aromatic N) is 1. The van der Waals surface area contributed by atoms with Crippen LogP contribution in [0.3, 0.4) is 0 Å². The quantitative estimate of drug-likeness (QED) is 0.893. The van der Waals surface area contributed by atoms with Crippen molar-refractivity contribution in [3.05, 3.63) is 30.1 Å². The molecule has 112 valence electrons. The third-order valence-electron chi connectivity index (χ3n) is 3.35. The van der Waals surface area contributed by atoms with Gasteiger partial charge in [-0.05, 0) is 38.0 Å². The molecular weight excluding hydrogens is 281 g/mol. The molecule has 1 fully saturated rings. The van der Waals surface area contributed by atoms with Gasteiger partial charge in [-0.3, -0.25) is 4.79 Å². The average Bonchev–Trinajstić information content (AvgIpc) is 2.39. The van der Waals surface area contributed by atoms with E-state index in [2.05, 4.69) is 10.2 Å². The Kier molecular flexibility index (Phi) is 6.23. The van der Waals surface area contributed by atoms with Crippen LogP contribution >= 0.6 is 12.4 Å². The maximum absolute atomic E-state index is 13.2. The molecule has 1 amide bonds. The maximum atomic E-state index is 13.2. The van der Waals surface area contributed by atoms with Crippen LogP contribution in [0.2, 0.25) is 0 Å². The first-order valence-corrected chi connectivity index (χ1v) is 6.63. The number of halogens is 2. The number of hydrogen-bond donors (Lipinski definition) is 2. The summed E-state index contributed by atoms with van der Waals surface area (Å²) in [6.07, 6.45) is 1.91. The predicted molar refractivity (Wildman–Crippen MR) is 80.7 cm³/mol. The minimum absolute atomic E-state index is 0. The lowest BCUT2D eigenvalue weighted by Gasteiger charge is -2.35. The van der Waals surface area contributed by atoms with Crippen LogP contribution in [0.15, 0.2) is 24.3 Å². The summed E-state index contributed by atoms with van der Waals surface area (Å²) in [5.74, 6) is -0.370. The lowest BCUT2D eigenvalue weighted by molar-refractivity contribution is -0.122. The summed E-state index contributed by atoms with van der Waals surface area (Å²) in [7, 11) is 0. The van der Waals surface area contributed by atoms with Crippen molar-refractivity contribution in [1.82, 2.24) is 5.32 Å². The smallest absolute Gasteiger partial charge is 0.236 e. The van der Waals surface area contributed by atoms with Gasteiger partial charge in [0.1, 0.15) is 5.82 Å². The molecule has 0 bridgehead atoms. The van der Waals surface area contributed by atoms with Crippen molar-refractivity contribution in [1.29, 1.82) is 0 Å². The number of carbonyl (C=O) groups is 1. The first kappa shape index (κ1) is 16.7. The van der Waals surface area contributed by atoms with Crippen molar-refractivity contribution in [2.24, 2.45) is 5.73 Å². The predicted octanol–water partition coefficient (Wildman–Crippen LogP) is 1.68. The number of carbonyl (C=O) groups excluding carboxylic acids is 1. The van der Waals surface area contributed by atoms with Crippen molar-refractivity contribution in [2.45, 2.75) is 31.8 Å². The van der Waals surface area contributed by atoms with E-state index >= 15 is 0 Å². The minimum atomic E-state index is -0.496. The molecule has 2 rings (SSSR count). The van der Waals surface area contributed by atoms with Gasteiger partial charge in [-0.25, -0.2) is 4.39 Å². The number of hydrogen-bond acceptors (Lipinski definition) is 3. The van der Waals surface area contributed by atoms with Crippen LogP contribution in [0.25, 0.3) is 0 Å². The second-order valence-electron chi connectivity index (χ2n) is 5.06. The number of amides is 1. The summed E-state index contributed by atoms with van der Waals surface area (Å²) in [4.78, 5) is 13.7. The Labute approximate surface area is 124 Å². The summed E-state index contributed by atoms with van der Waals surface area (Å²) in [5, 5.41) is 2.93. The highest BCUT2D eigenvalue weighted by Gasteiger charge is 2.22. The Morgan fingerprint density at radius 2 is 2.30 bits per heavy atom. The third-order valence-corrected chi connectivity index (χ3v) is 3.35. The maximum Gasteiger partial charge on any atom is 0.236 e. The monoisotopic (exact) mass is 301 g/mol. The third kappa shape index (κ3) is 4.35. The molecule has 0 saturated carbocycles. The molecule has 0 aromatic heterocycles. The van der Waals surface area contributed by atoms with E-state index in [1.807, 2.05) is 6.07 Å². The molecule has 1 aliphatic heterocycles. The molecule has 2 unspecified atom stereocenters. The highest BCUT2D eigenvalue weighted by Crippen LogP contribution is 2.20. The molecule has 0 aliphatic carbocycles. The van der Waals surface area contributed by atoms with E-state index in [0.29, 0.717) is 6.54 Å². The number of anilines is 1. The van der Waals surface area contributed by atoms with E-state index in [4.69, 9.17) is 5.73 Å². The lowest BCUT2D eigenvalue weighted by atomic mass is 10.0. The molecule has 1 aliphatic rings. The van der Waals surface area contributed by atoms with Gasteiger partial charge in [-0.15, -0.1) is 12.4 Å². The number of benzene rings is 1. The number of nitrogens with one attached hydrogen (secondary N) is 1. The van der Waals surface area contributed by atoms with Gasteiger partial charge in [0, 0.05) is 24.8 Å². The van der Waals surface area contributed by atoms with Gasteiger partial charge in [0.05, 0.1) is 6.04 Å². The Balaban J connectivity index is 0.00000200. The highest BCUT2D eigenvalue weighted by molar-refractivity contribution is 5.85. The van der Waals surface area contributed by atoms with Crippen molar-refractivity contribution >= 4 is 24.0 Å². The van der Waals surface area contributed by atoms with Crippen LogP contribution in [0.1, 0.15) is 19.8 Å². The summed E-state index contributed by atoms with van der Waals surface area (Å²) < 4.78 is 13.2. The Hall–Kier alpha value is -1.33. The van der Waals surface area contributed by atoms with Gasteiger partial charge in [-0.1, -0.05) is 6.07 Å². The molecule has 0 spiro atoms. The SMILES string of the molecule is CC(N)C(=O)NC1CCCN(c2cccc(F)c2)C1.Cl. The molecule has 20 heavy (non-hydrogen) atoms. The lowest BCUT2D eigenvalue weighted by Crippen LogP contribution is -2.51. The summed E-state index contributed by atoms with van der Waals surface area (Å²) in [5.41, 5.74) is 6.40. The Bertz CT molecular complexity index is 456. The zero-order valence-corrected chi connectivity index (χ0v) is 12.3. The molecule has 0 radical (unpaired) electrons. The van der Waals surface area contributed by atoms with Gasteiger partial charge in [0.15, 0.2) is 0 Å². The fraction of sp³-hybridized carbons (Fsp3) is 0.500. The number of nitrogens with two attached hydrogens (primary N) is 1. The van der Waals surface area contributed by atoms with E-state index < -0.39 is 6.04 Å². The Morgan fingerprint density at radius 3 is 2.95 bits per heavy atom. The van der Waals surface area contributed by atoms with Crippen molar-refractivity contribution in [3.8, 4) is 0 Å². The molecule has 2 atom stereocenters. The fourth-order valence-corrected chi connectivity index (χ4v) is 2.33. The molecular formula is C14H21ClFN3O. The highest BCUT2D eigenvalue weighted by atomic mass is 35.5. The number of piperidine rings is 1. The zero-order valence-electron chi connectivity index (χ0n) is 11.5. The van der Waals surface area contributed by atoms with Crippen LogP contribution in [0.4, 0.5) is 10.1 Å². The second kappa shape index (κ2) is 7.45. The van der Waals surface area contributed by atoms with Gasteiger partial charge in [0.25, 0.3) is 0 Å². The second-order valence-corrected chi connectivity index (χ2v) is 5.06. The number of rotatable bonds is 3. The summed E-state index contributed by atoms with van der Waals surface area (Å²) in [6.45, 7) is 3.25. The van der Waals surface area contributed by atoms with Crippen LogP contribution in [0.5, 0.6) is 0 Å². The van der Waals surface area contributed by atoms with Crippen molar-refractivity contribution in [3.63, 3.8) is 0 Å². The van der Waals surface area contributed by atoms with E-state index in [1.165, 1.54) is 12.1 Å².